The molecule has 0 aliphatic carbocycles. The topological polar surface area (TPSA) is 98.5 Å². The number of aromatic nitrogens is 1. The first-order chi connectivity index (χ1) is 19.8. The van der Waals surface area contributed by atoms with Gasteiger partial charge < -0.3 is 9.15 Å². The van der Waals surface area contributed by atoms with Gasteiger partial charge in [0.15, 0.2) is 5.76 Å². The van der Waals surface area contributed by atoms with E-state index in [9.17, 15) is 13.2 Å². The number of fused-ring (bicyclic) bond motifs is 2. The Kier molecular flexibility index (Phi) is 6.95. The second-order valence-electron chi connectivity index (χ2n) is 9.49. The Balaban J connectivity index is 1.20. The number of nitrogens with zero attached hydrogens (tertiary/aromatic N) is 1. The predicted molar refractivity (Wildman–Crippen MR) is 159 cm³/mol. The number of pyridine rings is 1. The summed E-state index contributed by atoms with van der Waals surface area (Å²) in [6.45, 7) is 1.73. The number of sulfonamides is 1. The van der Waals surface area contributed by atoms with E-state index in [0.29, 0.717) is 38.9 Å². The van der Waals surface area contributed by atoms with Gasteiger partial charge in [0.1, 0.15) is 23.6 Å². The molecule has 0 bridgehead atoms. The Morgan fingerprint density at radius 1 is 0.902 bits per heavy atom. The monoisotopic (exact) mass is 582 g/mol. The van der Waals surface area contributed by atoms with Gasteiger partial charge in [0, 0.05) is 26.9 Å². The molecule has 0 radical (unpaired) electrons. The van der Waals surface area contributed by atoms with Gasteiger partial charge in [-0.2, -0.15) is 0 Å². The molecule has 1 amide bonds. The highest BCUT2D eigenvalue weighted by atomic mass is 35.5. The van der Waals surface area contributed by atoms with Gasteiger partial charge in [-0.05, 0) is 67.1 Å². The maximum absolute atomic E-state index is 13.0. The number of benzene rings is 4. The summed E-state index contributed by atoms with van der Waals surface area (Å²) in [5.41, 5.74) is 3.41. The van der Waals surface area contributed by atoms with E-state index in [1.54, 1.807) is 61.5 Å². The minimum atomic E-state index is -4.04. The van der Waals surface area contributed by atoms with Gasteiger partial charge in [-0.25, -0.2) is 18.1 Å². The lowest BCUT2D eigenvalue weighted by Gasteiger charge is -2.13. The van der Waals surface area contributed by atoms with Crippen LogP contribution in [-0.2, 0) is 16.6 Å². The van der Waals surface area contributed by atoms with E-state index in [1.165, 1.54) is 6.07 Å². The number of hydrogen-bond acceptors (Lipinski definition) is 6. The third-order valence-corrected chi connectivity index (χ3v) is 8.39. The molecule has 9 heteroatoms. The summed E-state index contributed by atoms with van der Waals surface area (Å²) in [6, 6.07) is 29.9. The van der Waals surface area contributed by atoms with Gasteiger partial charge in [-0.1, -0.05) is 60.1 Å². The molecule has 7 nitrogen and oxygen atoms in total. The van der Waals surface area contributed by atoms with Gasteiger partial charge in [-0.15, -0.1) is 0 Å². The predicted octanol–water partition coefficient (Wildman–Crippen LogP) is 7.31. The standard InChI is InChI=1S/C32H23ClN2O5S/c1-20-6-2-5-9-31(20)41(37,38)35-32(36)26-8-4-3-7-22(26)19-39-25-13-15-29-23(16-25)17-30(40-29)27-14-11-21-10-12-24(33)18-28(21)34-27/h2-18H,19H2,1H3,(H,35,36). The molecule has 6 rings (SSSR count). The zero-order chi connectivity index (χ0) is 28.6. The van der Waals surface area contributed by atoms with Gasteiger partial charge >= 0.3 is 0 Å². The van der Waals surface area contributed by atoms with E-state index >= 15 is 0 Å². The van der Waals surface area contributed by atoms with Gasteiger partial charge in [0.25, 0.3) is 15.9 Å². The zero-order valence-electron chi connectivity index (χ0n) is 21.8. The summed E-state index contributed by atoms with van der Waals surface area (Å²) in [7, 11) is -4.04. The number of hydrogen-bond donors (Lipinski definition) is 1. The van der Waals surface area contributed by atoms with Crippen LogP contribution < -0.4 is 9.46 Å². The first kappa shape index (κ1) is 26.6. The smallest absolute Gasteiger partial charge is 0.265 e. The van der Waals surface area contributed by atoms with E-state index in [0.717, 1.165) is 16.3 Å². The number of ether oxygens (including phenoxy) is 1. The van der Waals surface area contributed by atoms with E-state index < -0.39 is 15.9 Å². The Morgan fingerprint density at radius 3 is 2.54 bits per heavy atom. The third kappa shape index (κ3) is 5.52. The van der Waals surface area contributed by atoms with Gasteiger partial charge in [-0.3, -0.25) is 4.79 Å². The van der Waals surface area contributed by atoms with Crippen LogP contribution in [0.15, 0.2) is 112 Å². The molecule has 0 fully saturated rings. The second-order valence-corrected chi connectivity index (χ2v) is 11.6. The summed E-state index contributed by atoms with van der Waals surface area (Å²) >= 11 is 6.13. The van der Waals surface area contributed by atoms with Crippen molar-refractivity contribution in [3.63, 3.8) is 0 Å². The Bertz CT molecular complexity index is 2050. The molecular formula is C32H23ClN2O5S. The highest BCUT2D eigenvalue weighted by Gasteiger charge is 2.22. The van der Waals surface area contributed by atoms with Gasteiger partial charge in [0.05, 0.1) is 10.4 Å². The second kappa shape index (κ2) is 10.7. The summed E-state index contributed by atoms with van der Waals surface area (Å²) in [5, 5.41) is 2.41. The van der Waals surface area contributed by atoms with Crippen molar-refractivity contribution >= 4 is 49.4 Å². The quantitative estimate of drug-likeness (QED) is 0.212. The molecule has 0 spiro atoms. The number of nitrogens with one attached hydrogen (secondary N) is 1. The largest absolute Gasteiger partial charge is 0.489 e. The van der Waals surface area contributed by atoms with E-state index in [1.807, 2.05) is 42.5 Å². The molecule has 6 aromatic rings. The number of carbonyl (C=O) groups is 1. The average molecular weight is 583 g/mol. The van der Waals surface area contributed by atoms with Crippen molar-refractivity contribution < 1.29 is 22.4 Å². The molecule has 0 atom stereocenters. The summed E-state index contributed by atoms with van der Waals surface area (Å²) in [5.74, 6) is 0.438. The minimum absolute atomic E-state index is 0.0528. The van der Waals surface area contributed by atoms with Crippen LogP contribution in [0.25, 0.3) is 33.3 Å². The third-order valence-electron chi connectivity index (χ3n) is 6.66. The molecule has 1 N–H and O–H groups in total. The van der Waals surface area contributed by atoms with Crippen LogP contribution in [0.4, 0.5) is 0 Å². The van der Waals surface area contributed by atoms with Crippen LogP contribution in [0.3, 0.4) is 0 Å². The SMILES string of the molecule is Cc1ccccc1S(=O)(=O)NC(=O)c1ccccc1COc1ccc2oc(-c3ccc4ccc(Cl)cc4n3)cc2c1. The van der Waals surface area contributed by atoms with Crippen LogP contribution in [0.2, 0.25) is 5.02 Å². The van der Waals surface area contributed by atoms with E-state index in [4.69, 9.17) is 20.8 Å². The maximum atomic E-state index is 13.0. The molecule has 41 heavy (non-hydrogen) atoms. The van der Waals surface area contributed by atoms with Crippen molar-refractivity contribution in [1.29, 1.82) is 0 Å². The molecular weight excluding hydrogens is 560 g/mol. The lowest BCUT2D eigenvalue weighted by Crippen LogP contribution is -2.31. The van der Waals surface area contributed by atoms with Crippen LogP contribution in [0, 0.1) is 6.92 Å². The Labute approximate surface area is 241 Å². The molecule has 0 aliphatic heterocycles. The number of furan rings is 1. The fourth-order valence-corrected chi connectivity index (χ4v) is 5.96. The first-order valence-electron chi connectivity index (χ1n) is 12.7. The highest BCUT2D eigenvalue weighted by molar-refractivity contribution is 7.90. The summed E-state index contributed by atoms with van der Waals surface area (Å²) in [4.78, 5) is 17.8. The molecule has 4 aromatic carbocycles. The molecule has 2 heterocycles. The molecule has 2 aromatic heterocycles. The minimum Gasteiger partial charge on any atom is -0.489 e. The first-order valence-corrected chi connectivity index (χ1v) is 14.6. The fraction of sp³-hybridized carbons (Fsp3) is 0.0625. The summed E-state index contributed by atoms with van der Waals surface area (Å²) in [6.07, 6.45) is 0. The van der Waals surface area contributed by atoms with Crippen molar-refractivity contribution in [3.05, 3.63) is 125 Å². The number of rotatable bonds is 7. The zero-order valence-corrected chi connectivity index (χ0v) is 23.4. The average Bonchev–Trinajstić information content (AvgIpc) is 3.39. The number of amides is 1. The van der Waals surface area contributed by atoms with Crippen LogP contribution >= 0.6 is 11.6 Å². The maximum Gasteiger partial charge on any atom is 0.265 e. The number of aryl methyl sites for hydroxylation is 1. The lowest BCUT2D eigenvalue weighted by atomic mass is 10.1. The number of halogens is 1. The normalized spacial score (nSPS) is 11.6. The van der Waals surface area contributed by atoms with Crippen LogP contribution in [-0.4, -0.2) is 19.3 Å². The van der Waals surface area contributed by atoms with E-state index in [2.05, 4.69) is 9.71 Å². The van der Waals surface area contributed by atoms with Crippen molar-refractivity contribution in [2.75, 3.05) is 0 Å². The van der Waals surface area contributed by atoms with Crippen LogP contribution in [0.5, 0.6) is 5.75 Å². The fourth-order valence-electron chi connectivity index (χ4n) is 4.58. The summed E-state index contributed by atoms with van der Waals surface area (Å²) < 4.78 is 39.9. The molecule has 0 saturated heterocycles. The molecule has 204 valence electrons. The van der Waals surface area contributed by atoms with E-state index in [-0.39, 0.29) is 17.1 Å². The Hall–Kier alpha value is -4.66. The highest BCUT2D eigenvalue weighted by Crippen LogP contribution is 2.31. The number of carbonyl (C=O) groups excluding carboxylic acids is 1. The van der Waals surface area contributed by atoms with Gasteiger partial charge in [0.2, 0.25) is 0 Å². The van der Waals surface area contributed by atoms with Crippen molar-refractivity contribution in [3.8, 4) is 17.2 Å². The van der Waals surface area contributed by atoms with Crippen LogP contribution in [0.1, 0.15) is 21.5 Å². The molecule has 0 aliphatic rings. The molecule has 0 unspecified atom stereocenters. The Morgan fingerprint density at radius 2 is 1.68 bits per heavy atom. The van der Waals surface area contributed by atoms with Crippen molar-refractivity contribution in [1.82, 2.24) is 9.71 Å². The van der Waals surface area contributed by atoms with Crippen molar-refractivity contribution in [2.45, 2.75) is 18.4 Å². The molecule has 0 saturated carbocycles. The lowest BCUT2D eigenvalue weighted by molar-refractivity contribution is 0.0979. The van der Waals surface area contributed by atoms with Crippen molar-refractivity contribution in [2.24, 2.45) is 0 Å².